The summed E-state index contributed by atoms with van der Waals surface area (Å²) in [6.07, 6.45) is 4.11. The number of aromatic nitrogens is 5. The van der Waals surface area contributed by atoms with E-state index in [1.165, 1.54) is 0 Å². The van der Waals surface area contributed by atoms with Crippen LogP contribution in [0.15, 0.2) is 36.8 Å². The number of pyridine rings is 1. The molecule has 3 aromatic heterocycles. The van der Waals surface area contributed by atoms with Gasteiger partial charge in [-0.1, -0.05) is 0 Å². The molecule has 3 aromatic rings. The highest BCUT2D eigenvalue weighted by Crippen LogP contribution is 2.24. The van der Waals surface area contributed by atoms with Crippen LogP contribution < -0.4 is 4.74 Å². The fraction of sp³-hybridized carbons (Fsp3) is 0.368. The number of rotatable bonds is 5. The van der Waals surface area contributed by atoms with Gasteiger partial charge < -0.3 is 19.3 Å². The maximum absolute atomic E-state index is 13.0. The highest BCUT2D eigenvalue weighted by atomic mass is 16.5. The molecule has 146 valence electrons. The van der Waals surface area contributed by atoms with E-state index in [1.54, 1.807) is 40.2 Å². The van der Waals surface area contributed by atoms with Gasteiger partial charge in [0.1, 0.15) is 11.4 Å². The fourth-order valence-corrected chi connectivity index (χ4v) is 3.34. The molecule has 4 heterocycles. The number of hydrogen-bond acceptors (Lipinski definition) is 6. The Hall–Kier alpha value is -3.20. The van der Waals surface area contributed by atoms with Crippen molar-refractivity contribution in [2.45, 2.75) is 26.1 Å². The summed E-state index contributed by atoms with van der Waals surface area (Å²) < 4.78 is 9.08. The van der Waals surface area contributed by atoms with Crippen LogP contribution in [0.4, 0.5) is 0 Å². The maximum atomic E-state index is 13.0. The Kier molecular flexibility index (Phi) is 4.82. The zero-order valence-electron chi connectivity index (χ0n) is 15.8. The molecule has 9 heteroatoms. The van der Waals surface area contributed by atoms with Crippen LogP contribution in [-0.2, 0) is 20.1 Å². The maximum Gasteiger partial charge on any atom is 0.259 e. The minimum atomic E-state index is -0.912. The van der Waals surface area contributed by atoms with E-state index < -0.39 is 6.10 Å². The average molecular weight is 382 g/mol. The molecule has 0 aromatic carbocycles. The second-order valence-electron chi connectivity index (χ2n) is 6.60. The lowest BCUT2D eigenvalue weighted by atomic mass is 10.2. The number of aryl methyl sites for hydroxylation is 1. The van der Waals surface area contributed by atoms with Gasteiger partial charge in [-0.05, 0) is 25.1 Å². The van der Waals surface area contributed by atoms with Crippen LogP contribution >= 0.6 is 0 Å². The number of amides is 1. The van der Waals surface area contributed by atoms with Gasteiger partial charge in [0.15, 0.2) is 6.10 Å². The predicted octanol–water partition coefficient (Wildman–Crippen LogP) is 1.15. The first kappa shape index (κ1) is 18.2. The third-order valence-corrected chi connectivity index (χ3v) is 4.77. The normalized spacial score (nSPS) is 14.6. The molecular formula is C19H22N6O3. The quantitative estimate of drug-likeness (QED) is 0.711. The van der Waals surface area contributed by atoms with E-state index >= 15 is 0 Å². The van der Waals surface area contributed by atoms with Crippen LogP contribution in [0, 0.1) is 0 Å². The summed E-state index contributed by atoms with van der Waals surface area (Å²) in [5.41, 5.74) is 1.84. The first-order chi connectivity index (χ1) is 13.6. The molecule has 1 aliphatic heterocycles. The smallest absolute Gasteiger partial charge is 0.259 e. The molecule has 0 radical (unpaired) electrons. The average Bonchev–Trinajstić information content (AvgIpc) is 3.33. The number of imidazole rings is 1. The first-order valence-electron chi connectivity index (χ1n) is 9.17. The third-order valence-electron chi connectivity index (χ3n) is 4.77. The molecule has 0 saturated carbocycles. The van der Waals surface area contributed by atoms with Gasteiger partial charge in [0.25, 0.3) is 5.91 Å². The highest BCUT2D eigenvalue weighted by Gasteiger charge is 2.27. The lowest BCUT2D eigenvalue weighted by Gasteiger charge is -2.28. The first-order valence-corrected chi connectivity index (χ1v) is 9.17. The standard InChI is InChI=1S/C19H22N6O3/c1-3-28-18-14(5-4-6-21-18)19(27)24-9-10-25-13(12-24)11-15(22-25)16(26)17-20-7-8-23(17)2/h4-8,11,16,26H,3,9-10,12H2,1-2H3. The zero-order chi connectivity index (χ0) is 19.7. The van der Waals surface area contributed by atoms with Gasteiger partial charge >= 0.3 is 0 Å². The van der Waals surface area contributed by atoms with Gasteiger partial charge in [-0.25, -0.2) is 9.97 Å². The van der Waals surface area contributed by atoms with Crippen LogP contribution in [0.25, 0.3) is 0 Å². The molecule has 1 N–H and O–H groups in total. The summed E-state index contributed by atoms with van der Waals surface area (Å²) in [4.78, 5) is 23.1. The lowest BCUT2D eigenvalue weighted by Crippen LogP contribution is -2.38. The van der Waals surface area contributed by atoms with E-state index in [1.807, 2.05) is 24.7 Å². The number of ether oxygens (including phenoxy) is 1. The Bertz CT molecular complexity index is 995. The van der Waals surface area contributed by atoms with Crippen LogP contribution in [0.5, 0.6) is 5.88 Å². The Balaban J connectivity index is 1.55. The molecule has 1 amide bonds. The monoisotopic (exact) mass is 382 g/mol. The highest BCUT2D eigenvalue weighted by molar-refractivity contribution is 5.96. The molecule has 0 bridgehead atoms. The molecule has 0 saturated heterocycles. The predicted molar refractivity (Wildman–Crippen MR) is 99.6 cm³/mol. The van der Waals surface area contributed by atoms with Crippen LogP contribution in [0.1, 0.15) is 40.6 Å². The molecule has 1 unspecified atom stereocenters. The lowest BCUT2D eigenvalue weighted by molar-refractivity contribution is 0.0700. The van der Waals surface area contributed by atoms with Crippen molar-refractivity contribution in [3.63, 3.8) is 0 Å². The van der Waals surface area contributed by atoms with Crippen molar-refractivity contribution in [3.05, 3.63) is 59.6 Å². The summed E-state index contributed by atoms with van der Waals surface area (Å²) in [5, 5.41) is 15.1. The zero-order valence-corrected chi connectivity index (χ0v) is 15.8. The van der Waals surface area contributed by atoms with Crippen LogP contribution in [0.3, 0.4) is 0 Å². The van der Waals surface area contributed by atoms with Crippen molar-refractivity contribution >= 4 is 5.91 Å². The van der Waals surface area contributed by atoms with Crippen molar-refractivity contribution < 1.29 is 14.6 Å². The minimum absolute atomic E-state index is 0.129. The Labute approximate surface area is 162 Å². The van der Waals surface area contributed by atoms with Gasteiger partial charge in [0, 0.05) is 32.2 Å². The molecule has 4 rings (SSSR count). The van der Waals surface area contributed by atoms with Gasteiger partial charge in [0.05, 0.1) is 31.1 Å². The number of carbonyl (C=O) groups is 1. The summed E-state index contributed by atoms with van der Waals surface area (Å²) in [5.74, 6) is 0.746. The number of fused-ring (bicyclic) bond motifs is 1. The van der Waals surface area contributed by atoms with Crippen LogP contribution in [0.2, 0.25) is 0 Å². The van der Waals surface area contributed by atoms with E-state index in [2.05, 4.69) is 15.1 Å². The largest absolute Gasteiger partial charge is 0.477 e. The fourth-order valence-electron chi connectivity index (χ4n) is 3.34. The third kappa shape index (κ3) is 3.24. The Morgan fingerprint density at radius 3 is 2.93 bits per heavy atom. The van der Waals surface area contributed by atoms with Crippen molar-refractivity contribution in [3.8, 4) is 5.88 Å². The number of nitrogens with zero attached hydrogens (tertiary/aromatic N) is 6. The summed E-state index contributed by atoms with van der Waals surface area (Å²) >= 11 is 0. The van der Waals surface area contributed by atoms with Gasteiger partial charge in [-0.3, -0.25) is 9.48 Å². The molecule has 9 nitrogen and oxygen atoms in total. The SMILES string of the molecule is CCOc1ncccc1C(=O)N1CCn2nc(C(O)c3nccn3C)cc2C1. The summed E-state index contributed by atoms with van der Waals surface area (Å²) in [6.45, 7) is 3.78. The molecule has 0 aliphatic carbocycles. The second-order valence-corrected chi connectivity index (χ2v) is 6.60. The number of aliphatic hydroxyl groups excluding tert-OH is 1. The van der Waals surface area contributed by atoms with Crippen molar-refractivity contribution in [1.82, 2.24) is 29.2 Å². The number of hydrogen-bond donors (Lipinski definition) is 1. The van der Waals surface area contributed by atoms with Crippen molar-refractivity contribution in [1.29, 1.82) is 0 Å². The van der Waals surface area contributed by atoms with Crippen molar-refractivity contribution in [2.24, 2.45) is 7.05 Å². The van der Waals surface area contributed by atoms with E-state index in [-0.39, 0.29) is 5.91 Å². The molecule has 28 heavy (non-hydrogen) atoms. The molecular weight excluding hydrogens is 360 g/mol. The van der Waals surface area contributed by atoms with E-state index in [0.717, 1.165) is 5.69 Å². The van der Waals surface area contributed by atoms with Gasteiger partial charge in [0.2, 0.25) is 5.88 Å². The molecule has 1 atom stereocenters. The Morgan fingerprint density at radius 1 is 1.32 bits per heavy atom. The Morgan fingerprint density at radius 2 is 2.18 bits per heavy atom. The second kappa shape index (κ2) is 7.43. The molecule has 0 fully saturated rings. The summed E-state index contributed by atoms with van der Waals surface area (Å²) in [6, 6.07) is 5.28. The van der Waals surface area contributed by atoms with Gasteiger partial charge in [-0.15, -0.1) is 0 Å². The van der Waals surface area contributed by atoms with E-state index in [0.29, 0.717) is 49.2 Å². The van der Waals surface area contributed by atoms with Gasteiger partial charge in [-0.2, -0.15) is 5.10 Å². The number of carbonyl (C=O) groups excluding carboxylic acids is 1. The molecule has 0 spiro atoms. The van der Waals surface area contributed by atoms with Crippen LogP contribution in [-0.4, -0.2) is 53.4 Å². The van der Waals surface area contributed by atoms with Crippen molar-refractivity contribution in [2.75, 3.05) is 13.2 Å². The topological polar surface area (TPSA) is 98.3 Å². The molecule has 1 aliphatic rings. The number of aliphatic hydroxyl groups is 1. The van der Waals surface area contributed by atoms with E-state index in [9.17, 15) is 9.90 Å². The van der Waals surface area contributed by atoms with E-state index in [4.69, 9.17) is 4.74 Å². The minimum Gasteiger partial charge on any atom is -0.477 e. The summed E-state index contributed by atoms with van der Waals surface area (Å²) in [7, 11) is 1.83.